The molecule has 3 atom stereocenters. The summed E-state index contributed by atoms with van der Waals surface area (Å²) in [4.78, 5) is 12.4. The molecular formula is C38H75NO4. The van der Waals surface area contributed by atoms with Gasteiger partial charge in [0.2, 0.25) is 5.91 Å². The third-order valence-electron chi connectivity index (χ3n) is 8.88. The number of aliphatic hydroxyl groups excluding tert-OH is 3. The molecule has 0 radical (unpaired) electrons. The second kappa shape index (κ2) is 34.0. The van der Waals surface area contributed by atoms with E-state index in [0.717, 1.165) is 44.9 Å². The Balaban J connectivity index is 3.69. The van der Waals surface area contributed by atoms with E-state index < -0.39 is 24.2 Å². The van der Waals surface area contributed by atoms with E-state index >= 15 is 0 Å². The largest absolute Gasteiger partial charge is 0.394 e. The number of amides is 1. The number of unbranched alkanes of at least 4 members (excludes halogenated alkanes) is 24. The Morgan fingerprint density at radius 3 is 1.28 bits per heavy atom. The lowest BCUT2D eigenvalue weighted by atomic mass is 10.0. The molecule has 0 aromatic rings. The molecule has 0 saturated heterocycles. The zero-order chi connectivity index (χ0) is 31.6. The van der Waals surface area contributed by atoms with Crippen molar-refractivity contribution in [2.45, 2.75) is 218 Å². The van der Waals surface area contributed by atoms with Gasteiger partial charge in [0.05, 0.1) is 18.8 Å². The van der Waals surface area contributed by atoms with E-state index in [1.165, 1.54) is 128 Å². The van der Waals surface area contributed by atoms with Crippen LogP contribution in [0.5, 0.6) is 0 Å². The van der Waals surface area contributed by atoms with E-state index in [2.05, 4.69) is 31.3 Å². The number of aliphatic hydroxyl groups is 3. The molecule has 0 aliphatic heterocycles. The summed E-state index contributed by atoms with van der Waals surface area (Å²) in [6, 6.07) is -0.711. The molecule has 0 bridgehead atoms. The summed E-state index contributed by atoms with van der Waals surface area (Å²) in [5, 5.41) is 33.1. The van der Waals surface area contributed by atoms with Crippen molar-refractivity contribution in [2.24, 2.45) is 0 Å². The molecule has 0 heterocycles. The fraction of sp³-hybridized carbons (Fsp3) is 0.921. The second-order valence-electron chi connectivity index (χ2n) is 13.1. The van der Waals surface area contributed by atoms with Crippen LogP contribution in [-0.2, 0) is 4.79 Å². The Bertz CT molecular complexity index is 596. The fourth-order valence-corrected chi connectivity index (χ4v) is 5.83. The van der Waals surface area contributed by atoms with Crippen LogP contribution in [0, 0.1) is 0 Å². The van der Waals surface area contributed by atoms with Gasteiger partial charge in [-0.1, -0.05) is 174 Å². The van der Waals surface area contributed by atoms with Gasteiger partial charge in [0.15, 0.2) is 0 Å². The Labute approximate surface area is 268 Å². The molecule has 256 valence electrons. The van der Waals surface area contributed by atoms with Gasteiger partial charge in [0.25, 0.3) is 0 Å². The zero-order valence-electron chi connectivity index (χ0n) is 28.8. The summed E-state index contributed by atoms with van der Waals surface area (Å²) in [5.74, 6) is -0.479. The molecule has 0 aliphatic carbocycles. The van der Waals surface area contributed by atoms with E-state index in [-0.39, 0.29) is 6.61 Å². The van der Waals surface area contributed by atoms with Crippen LogP contribution < -0.4 is 5.32 Å². The third kappa shape index (κ3) is 29.6. The van der Waals surface area contributed by atoms with Crippen molar-refractivity contribution in [3.8, 4) is 0 Å². The molecule has 0 fully saturated rings. The second-order valence-corrected chi connectivity index (χ2v) is 13.1. The predicted molar refractivity (Wildman–Crippen MR) is 185 cm³/mol. The molecule has 5 nitrogen and oxygen atoms in total. The first-order chi connectivity index (χ1) is 21.1. The first-order valence-corrected chi connectivity index (χ1v) is 19.0. The molecule has 0 saturated carbocycles. The Kier molecular flexibility index (Phi) is 33.3. The molecule has 4 N–H and O–H groups in total. The van der Waals surface area contributed by atoms with Gasteiger partial charge >= 0.3 is 0 Å². The summed E-state index contributed by atoms with van der Waals surface area (Å²) in [6.45, 7) is 4.21. The number of allylic oxidation sites excluding steroid dienone is 2. The number of hydrogen-bond acceptors (Lipinski definition) is 4. The Morgan fingerprint density at radius 2 is 0.884 bits per heavy atom. The van der Waals surface area contributed by atoms with Crippen molar-refractivity contribution in [2.75, 3.05) is 6.61 Å². The highest BCUT2D eigenvalue weighted by Gasteiger charge is 2.23. The van der Waals surface area contributed by atoms with Gasteiger partial charge < -0.3 is 20.6 Å². The monoisotopic (exact) mass is 610 g/mol. The van der Waals surface area contributed by atoms with Crippen LogP contribution in [0.1, 0.15) is 200 Å². The highest BCUT2D eigenvalue weighted by atomic mass is 16.3. The van der Waals surface area contributed by atoms with Gasteiger partial charge in [-0.05, 0) is 38.5 Å². The van der Waals surface area contributed by atoms with Crippen molar-refractivity contribution in [1.29, 1.82) is 0 Å². The van der Waals surface area contributed by atoms with E-state index in [0.29, 0.717) is 12.8 Å². The third-order valence-corrected chi connectivity index (χ3v) is 8.88. The predicted octanol–water partition coefficient (Wildman–Crippen LogP) is 10.1. The highest BCUT2D eigenvalue weighted by molar-refractivity contribution is 5.80. The minimum atomic E-state index is -1.08. The van der Waals surface area contributed by atoms with Crippen molar-refractivity contribution < 1.29 is 20.1 Å². The molecule has 3 unspecified atom stereocenters. The summed E-state index contributed by atoms with van der Waals surface area (Å²) in [7, 11) is 0. The fourth-order valence-electron chi connectivity index (χ4n) is 5.83. The van der Waals surface area contributed by atoms with E-state index in [1.54, 1.807) is 0 Å². The van der Waals surface area contributed by atoms with Gasteiger partial charge in [-0.2, -0.15) is 0 Å². The maximum Gasteiger partial charge on any atom is 0.249 e. The van der Waals surface area contributed by atoms with Gasteiger partial charge in [-0.15, -0.1) is 0 Å². The highest BCUT2D eigenvalue weighted by Crippen LogP contribution is 2.15. The molecule has 43 heavy (non-hydrogen) atoms. The van der Waals surface area contributed by atoms with Gasteiger partial charge in [-0.3, -0.25) is 4.79 Å². The standard InChI is InChI=1S/C38H75NO4/c1-3-5-7-9-11-13-15-17-19-21-23-25-27-29-31-33-37(42)38(43)39-35(34-40)36(41)32-30-28-26-24-22-20-18-16-14-12-10-8-6-4-2/h19,21,35-37,40-42H,3-18,20,22-34H2,1-2H3,(H,39,43)/b21-19-. The van der Waals surface area contributed by atoms with E-state index in [9.17, 15) is 20.1 Å². The number of carbonyl (C=O) groups is 1. The van der Waals surface area contributed by atoms with Gasteiger partial charge in [0.1, 0.15) is 6.10 Å². The maximum absolute atomic E-state index is 12.4. The average molecular weight is 610 g/mol. The number of hydrogen-bond donors (Lipinski definition) is 4. The van der Waals surface area contributed by atoms with Crippen LogP contribution in [0.4, 0.5) is 0 Å². The summed E-state index contributed by atoms with van der Waals surface area (Å²) < 4.78 is 0. The minimum absolute atomic E-state index is 0.315. The van der Waals surface area contributed by atoms with Crippen LogP contribution in [0.15, 0.2) is 12.2 Å². The lowest BCUT2D eigenvalue weighted by Crippen LogP contribution is -2.49. The smallest absolute Gasteiger partial charge is 0.249 e. The SMILES string of the molecule is CCCCCCCCC/C=C\CCCCCCC(O)C(=O)NC(CO)C(O)CCCCCCCCCCCCCCCC. The number of rotatable bonds is 34. The van der Waals surface area contributed by atoms with Gasteiger partial charge in [0, 0.05) is 0 Å². The maximum atomic E-state index is 12.4. The first-order valence-electron chi connectivity index (χ1n) is 19.0. The molecule has 0 aromatic carbocycles. The normalized spacial score (nSPS) is 13.9. The summed E-state index contributed by atoms with van der Waals surface area (Å²) >= 11 is 0. The van der Waals surface area contributed by atoms with Crippen LogP contribution in [0.3, 0.4) is 0 Å². The van der Waals surface area contributed by atoms with Crippen LogP contribution in [0.25, 0.3) is 0 Å². The van der Waals surface area contributed by atoms with E-state index in [1.807, 2.05) is 0 Å². The number of carbonyl (C=O) groups excluding carboxylic acids is 1. The van der Waals surface area contributed by atoms with Crippen molar-refractivity contribution >= 4 is 5.91 Å². The van der Waals surface area contributed by atoms with Crippen LogP contribution in [0.2, 0.25) is 0 Å². The summed E-state index contributed by atoms with van der Waals surface area (Å²) in [5.41, 5.74) is 0. The first kappa shape index (κ1) is 42.1. The molecule has 0 aromatic heterocycles. The lowest BCUT2D eigenvalue weighted by Gasteiger charge is -2.23. The molecule has 5 heteroatoms. The molecule has 0 spiro atoms. The van der Waals surface area contributed by atoms with Crippen LogP contribution in [-0.4, -0.2) is 46.1 Å². The van der Waals surface area contributed by atoms with Crippen molar-refractivity contribution in [3.05, 3.63) is 12.2 Å². The molecular weight excluding hydrogens is 534 g/mol. The zero-order valence-corrected chi connectivity index (χ0v) is 28.8. The lowest BCUT2D eigenvalue weighted by molar-refractivity contribution is -0.131. The minimum Gasteiger partial charge on any atom is -0.394 e. The molecule has 1 amide bonds. The van der Waals surface area contributed by atoms with Gasteiger partial charge in [-0.25, -0.2) is 0 Å². The Hall–Kier alpha value is -0.910. The molecule has 0 aliphatic rings. The van der Waals surface area contributed by atoms with Crippen molar-refractivity contribution in [3.63, 3.8) is 0 Å². The quantitative estimate of drug-likeness (QED) is 0.0432. The number of nitrogens with one attached hydrogen (secondary N) is 1. The topological polar surface area (TPSA) is 89.8 Å². The van der Waals surface area contributed by atoms with Crippen LogP contribution >= 0.6 is 0 Å². The Morgan fingerprint density at radius 1 is 0.535 bits per heavy atom. The van der Waals surface area contributed by atoms with Crippen molar-refractivity contribution in [1.82, 2.24) is 5.32 Å². The average Bonchev–Trinajstić information content (AvgIpc) is 3.01. The summed E-state index contributed by atoms with van der Waals surface area (Å²) in [6.07, 6.45) is 37.6. The van der Waals surface area contributed by atoms with E-state index in [4.69, 9.17) is 0 Å². The molecule has 0 rings (SSSR count).